The zero-order valence-electron chi connectivity index (χ0n) is 16.6. The number of hydrogen-bond donors (Lipinski definition) is 3. The molecule has 1 fully saturated rings. The fraction of sp³-hybridized carbons (Fsp3) is 0.400. The summed E-state index contributed by atoms with van der Waals surface area (Å²) < 4.78 is 4.86. The highest BCUT2D eigenvalue weighted by Gasteiger charge is 2.40. The van der Waals surface area contributed by atoms with E-state index >= 15 is 0 Å². The van der Waals surface area contributed by atoms with Crippen LogP contribution in [0, 0.1) is 0 Å². The van der Waals surface area contributed by atoms with E-state index in [2.05, 4.69) is 25.5 Å². The lowest BCUT2D eigenvalue weighted by Crippen LogP contribution is -2.48. The van der Waals surface area contributed by atoms with Crippen molar-refractivity contribution in [3.05, 3.63) is 42.2 Å². The number of carbonyl (C=O) groups is 2. The number of hydrogen-bond acceptors (Lipinski definition) is 7. The van der Waals surface area contributed by atoms with Gasteiger partial charge in [-0.05, 0) is 30.7 Å². The maximum absolute atomic E-state index is 13.1. The molecular formula is C20H24N6O4. The molecule has 0 saturated carbocycles. The van der Waals surface area contributed by atoms with E-state index in [1.807, 2.05) is 6.07 Å². The number of carbonyl (C=O) groups excluding carboxylic acids is 2. The lowest BCUT2D eigenvalue weighted by Gasteiger charge is -2.35. The first-order valence-corrected chi connectivity index (χ1v) is 9.79. The standard InChI is InChI=1S/C20H24N6O4/c1-30-12-14(27)10-22-19(28)15-5-6-16-18(23-15)26(13-7-9-25(16)11-13)20(29)24-17-4-2-3-8-21-17/h2-6,8,13-14,27H,7,9-12H2,1H3,(H,22,28)(H,21,24,29)/t13-,14+/m0/s1. The van der Waals surface area contributed by atoms with Crippen LogP contribution in [0.1, 0.15) is 16.9 Å². The van der Waals surface area contributed by atoms with Crippen molar-refractivity contribution in [2.24, 2.45) is 0 Å². The Morgan fingerprint density at radius 1 is 1.33 bits per heavy atom. The predicted octanol–water partition coefficient (Wildman–Crippen LogP) is 0.844. The molecule has 2 atom stereocenters. The van der Waals surface area contributed by atoms with E-state index in [-0.39, 0.29) is 30.9 Å². The molecule has 3 N–H and O–H groups in total. The maximum Gasteiger partial charge on any atom is 0.329 e. The number of aromatic nitrogens is 2. The number of methoxy groups -OCH3 is 1. The highest BCUT2D eigenvalue weighted by Crippen LogP contribution is 2.39. The molecule has 2 aliphatic heterocycles. The number of rotatable bonds is 6. The maximum atomic E-state index is 13.1. The predicted molar refractivity (Wildman–Crippen MR) is 111 cm³/mol. The molecule has 0 radical (unpaired) electrons. The van der Waals surface area contributed by atoms with Crippen molar-refractivity contribution in [3.8, 4) is 0 Å². The minimum atomic E-state index is -0.806. The number of aliphatic hydroxyl groups is 1. The number of pyridine rings is 2. The molecular weight excluding hydrogens is 388 g/mol. The van der Waals surface area contributed by atoms with Gasteiger partial charge in [0.2, 0.25) is 0 Å². The largest absolute Gasteiger partial charge is 0.389 e. The Morgan fingerprint density at radius 2 is 2.20 bits per heavy atom. The van der Waals surface area contributed by atoms with E-state index < -0.39 is 12.0 Å². The molecule has 4 heterocycles. The molecule has 3 amide bonds. The SMILES string of the molecule is COC[C@H](O)CNC(=O)c1ccc2c(n1)N(C(=O)Nc1ccccn1)[C@H]1CCN2C1. The summed E-state index contributed by atoms with van der Waals surface area (Å²) in [7, 11) is 1.48. The van der Waals surface area contributed by atoms with Crippen LogP contribution in [0.25, 0.3) is 0 Å². The molecule has 0 aromatic carbocycles. The first kappa shape index (κ1) is 20.0. The van der Waals surface area contributed by atoms with Crippen LogP contribution in [-0.2, 0) is 4.74 Å². The van der Waals surface area contributed by atoms with Gasteiger partial charge in [0.25, 0.3) is 5.91 Å². The van der Waals surface area contributed by atoms with E-state index in [1.54, 1.807) is 35.4 Å². The second-order valence-corrected chi connectivity index (χ2v) is 7.26. The Bertz CT molecular complexity index is 925. The van der Waals surface area contributed by atoms with E-state index in [0.717, 1.165) is 25.2 Å². The smallest absolute Gasteiger partial charge is 0.329 e. The third kappa shape index (κ3) is 4.05. The summed E-state index contributed by atoms with van der Waals surface area (Å²) in [5.74, 6) is 0.471. The van der Waals surface area contributed by atoms with Crippen molar-refractivity contribution in [3.63, 3.8) is 0 Å². The van der Waals surface area contributed by atoms with Crippen molar-refractivity contribution in [1.82, 2.24) is 15.3 Å². The van der Waals surface area contributed by atoms with Gasteiger partial charge in [-0.25, -0.2) is 14.8 Å². The van der Waals surface area contributed by atoms with Gasteiger partial charge in [-0.15, -0.1) is 0 Å². The van der Waals surface area contributed by atoms with Gasteiger partial charge in [0.05, 0.1) is 24.4 Å². The fourth-order valence-corrected chi connectivity index (χ4v) is 3.76. The second-order valence-electron chi connectivity index (χ2n) is 7.26. The van der Waals surface area contributed by atoms with Gasteiger partial charge in [0.15, 0.2) is 5.82 Å². The Balaban J connectivity index is 1.56. The van der Waals surface area contributed by atoms with Crippen molar-refractivity contribution >= 4 is 29.3 Å². The van der Waals surface area contributed by atoms with Crippen molar-refractivity contribution in [2.75, 3.05) is 48.5 Å². The van der Waals surface area contributed by atoms with Gasteiger partial charge >= 0.3 is 6.03 Å². The lowest BCUT2D eigenvalue weighted by atomic mass is 10.1. The van der Waals surface area contributed by atoms with Crippen LogP contribution >= 0.6 is 0 Å². The lowest BCUT2D eigenvalue weighted by molar-refractivity contribution is 0.0608. The zero-order valence-corrected chi connectivity index (χ0v) is 16.6. The molecule has 2 aromatic heterocycles. The highest BCUT2D eigenvalue weighted by atomic mass is 16.5. The molecule has 2 aromatic rings. The summed E-state index contributed by atoms with van der Waals surface area (Å²) in [5, 5.41) is 15.2. The topological polar surface area (TPSA) is 120 Å². The Hall–Kier alpha value is -3.24. The second kappa shape index (κ2) is 8.64. The van der Waals surface area contributed by atoms with E-state index in [4.69, 9.17) is 4.74 Å². The van der Waals surface area contributed by atoms with Gasteiger partial charge in [-0.2, -0.15) is 0 Å². The van der Waals surface area contributed by atoms with Crippen LogP contribution < -0.4 is 20.4 Å². The van der Waals surface area contributed by atoms with E-state index in [0.29, 0.717) is 11.6 Å². The van der Waals surface area contributed by atoms with Crippen molar-refractivity contribution < 1.29 is 19.4 Å². The molecule has 0 aliphatic carbocycles. The van der Waals surface area contributed by atoms with E-state index in [9.17, 15) is 14.7 Å². The van der Waals surface area contributed by atoms with Crippen LogP contribution in [0.15, 0.2) is 36.5 Å². The number of urea groups is 1. The Morgan fingerprint density at radius 3 is 2.97 bits per heavy atom. The number of ether oxygens (including phenoxy) is 1. The summed E-state index contributed by atoms with van der Waals surface area (Å²) in [5.41, 5.74) is 0.993. The van der Waals surface area contributed by atoms with Gasteiger partial charge < -0.3 is 20.1 Å². The minimum absolute atomic E-state index is 0.0319. The molecule has 30 heavy (non-hydrogen) atoms. The molecule has 158 valence electrons. The Labute approximate surface area is 173 Å². The van der Waals surface area contributed by atoms with Gasteiger partial charge in [-0.1, -0.05) is 6.07 Å². The van der Waals surface area contributed by atoms with Crippen LogP contribution in [0.5, 0.6) is 0 Å². The Kier molecular flexibility index (Phi) is 5.77. The molecule has 4 rings (SSSR count). The first-order valence-electron chi connectivity index (χ1n) is 9.79. The monoisotopic (exact) mass is 412 g/mol. The zero-order chi connectivity index (χ0) is 21.1. The summed E-state index contributed by atoms with van der Waals surface area (Å²) >= 11 is 0. The number of amides is 3. The average molecular weight is 412 g/mol. The molecule has 2 aliphatic rings. The number of anilines is 3. The fourth-order valence-electron chi connectivity index (χ4n) is 3.76. The number of fused-ring (bicyclic) bond motifs is 4. The van der Waals surface area contributed by atoms with Gasteiger partial charge in [0.1, 0.15) is 11.5 Å². The van der Waals surface area contributed by atoms with E-state index in [1.165, 1.54) is 7.11 Å². The van der Waals surface area contributed by atoms with Crippen molar-refractivity contribution in [1.29, 1.82) is 0 Å². The molecule has 0 unspecified atom stereocenters. The quantitative estimate of drug-likeness (QED) is 0.643. The average Bonchev–Trinajstić information content (AvgIpc) is 3.17. The summed E-state index contributed by atoms with van der Waals surface area (Å²) in [4.78, 5) is 38.0. The van der Waals surface area contributed by atoms with Crippen LogP contribution in [-0.4, -0.2) is 72.5 Å². The summed E-state index contributed by atoms with van der Waals surface area (Å²) in [6.45, 7) is 1.71. The molecule has 10 nitrogen and oxygen atoms in total. The number of aliphatic hydroxyl groups excluding tert-OH is 1. The van der Waals surface area contributed by atoms with Crippen molar-refractivity contribution in [2.45, 2.75) is 18.6 Å². The molecule has 1 saturated heterocycles. The normalized spacial score (nSPS) is 18.0. The van der Waals surface area contributed by atoms with Gasteiger partial charge in [-0.3, -0.25) is 15.0 Å². The van der Waals surface area contributed by atoms with Gasteiger partial charge in [0, 0.05) is 32.9 Å². The van der Waals surface area contributed by atoms with Crippen LogP contribution in [0.4, 0.5) is 22.1 Å². The highest BCUT2D eigenvalue weighted by molar-refractivity contribution is 6.05. The molecule has 2 bridgehead atoms. The summed E-state index contributed by atoms with van der Waals surface area (Å²) in [6.07, 6.45) is 1.62. The van der Waals surface area contributed by atoms with Crippen LogP contribution in [0.2, 0.25) is 0 Å². The third-order valence-electron chi connectivity index (χ3n) is 5.16. The summed E-state index contributed by atoms with van der Waals surface area (Å²) in [6, 6.07) is 8.36. The number of nitrogens with one attached hydrogen (secondary N) is 2. The minimum Gasteiger partial charge on any atom is -0.389 e. The molecule has 0 spiro atoms. The third-order valence-corrected chi connectivity index (χ3v) is 5.16. The number of nitrogens with zero attached hydrogens (tertiary/aromatic N) is 4. The van der Waals surface area contributed by atoms with Crippen LogP contribution in [0.3, 0.4) is 0 Å². The first-order chi connectivity index (χ1) is 14.6. The molecule has 10 heteroatoms.